The fraction of sp³-hybridized carbons (Fsp3) is 1.00. The summed E-state index contributed by atoms with van der Waals surface area (Å²) in [5.41, 5.74) is 0. The summed E-state index contributed by atoms with van der Waals surface area (Å²) in [6.07, 6.45) is -0.00694. The van der Waals surface area contributed by atoms with Crippen LogP contribution in [0.25, 0.3) is 0 Å². The van der Waals surface area contributed by atoms with Gasteiger partial charge in [0, 0.05) is 12.5 Å². The highest BCUT2D eigenvalue weighted by atomic mass is 19.3. The van der Waals surface area contributed by atoms with Crippen LogP contribution in [0.15, 0.2) is 0 Å². The summed E-state index contributed by atoms with van der Waals surface area (Å²) >= 11 is 0. The van der Waals surface area contributed by atoms with E-state index < -0.39 is 5.92 Å². The van der Waals surface area contributed by atoms with E-state index in [1.54, 1.807) is 6.92 Å². The van der Waals surface area contributed by atoms with Crippen molar-refractivity contribution in [3.05, 3.63) is 0 Å². The minimum absolute atomic E-state index is 0.00694. The molecule has 1 heterocycles. The van der Waals surface area contributed by atoms with Gasteiger partial charge in [-0.15, -0.1) is 0 Å². The molecule has 1 N–H and O–H groups in total. The molecule has 1 rings (SSSR count). The number of alkyl halides is 2. The van der Waals surface area contributed by atoms with Crippen molar-refractivity contribution in [2.75, 3.05) is 6.54 Å². The Labute approximate surface area is 60.8 Å². The molecule has 0 bridgehead atoms. The summed E-state index contributed by atoms with van der Waals surface area (Å²) in [6, 6.07) is -0.00926. The average molecular weight is 151 g/mol. The molecular weight excluding hydrogens is 136 g/mol. The van der Waals surface area contributed by atoms with Crippen LogP contribution in [0.3, 0.4) is 0 Å². The van der Waals surface area contributed by atoms with Gasteiger partial charge < -0.3 is 5.32 Å². The maximum Gasteiger partial charge on any atom is 0.261 e. The Kier molecular flexibility index (Phi) is 3.79. The lowest BCUT2D eigenvalue weighted by Gasteiger charge is -2.03. The zero-order chi connectivity index (χ0) is 8.20. The van der Waals surface area contributed by atoms with Crippen LogP contribution >= 0.6 is 0 Å². The normalized spacial score (nSPS) is 29.1. The average Bonchev–Trinajstić information content (AvgIpc) is 2.15. The third kappa shape index (κ3) is 3.11. The van der Waals surface area contributed by atoms with E-state index in [-0.39, 0.29) is 19.0 Å². The molecule has 0 aliphatic carbocycles. The van der Waals surface area contributed by atoms with Gasteiger partial charge >= 0.3 is 0 Å². The van der Waals surface area contributed by atoms with Crippen molar-refractivity contribution in [2.45, 2.75) is 39.2 Å². The third-order valence-corrected chi connectivity index (χ3v) is 1.31. The molecule has 0 aromatic rings. The van der Waals surface area contributed by atoms with Gasteiger partial charge in [-0.1, -0.05) is 13.8 Å². The van der Waals surface area contributed by atoms with Crippen LogP contribution in [0, 0.1) is 0 Å². The van der Waals surface area contributed by atoms with Gasteiger partial charge in [0.1, 0.15) is 0 Å². The molecular formula is C7H15F2N. The molecule has 62 valence electrons. The SMILES string of the molecule is CC.C[C@@H]1CC(F)(F)CN1. The van der Waals surface area contributed by atoms with Gasteiger partial charge in [-0.25, -0.2) is 8.78 Å². The Bertz CT molecular complexity index is 93.6. The Hall–Kier alpha value is -0.180. The molecule has 0 amide bonds. The standard InChI is InChI=1S/C5H9F2N.C2H6/c1-4-2-5(6,7)3-8-4;1-2/h4,8H,2-3H2,1H3;1-2H3/t4-;/m1./s1. The second-order valence-corrected chi connectivity index (χ2v) is 2.34. The number of halogens is 2. The van der Waals surface area contributed by atoms with Crippen LogP contribution in [0.4, 0.5) is 8.78 Å². The zero-order valence-electron chi connectivity index (χ0n) is 6.75. The summed E-state index contributed by atoms with van der Waals surface area (Å²) in [6.45, 7) is 5.62. The van der Waals surface area contributed by atoms with Crippen LogP contribution < -0.4 is 5.32 Å². The second kappa shape index (κ2) is 3.86. The molecule has 0 radical (unpaired) electrons. The van der Waals surface area contributed by atoms with E-state index in [0.29, 0.717) is 0 Å². The van der Waals surface area contributed by atoms with Gasteiger partial charge in [0.05, 0.1) is 6.54 Å². The molecule has 1 saturated heterocycles. The third-order valence-electron chi connectivity index (χ3n) is 1.31. The van der Waals surface area contributed by atoms with E-state index in [1.165, 1.54) is 0 Å². The molecule has 1 fully saturated rings. The van der Waals surface area contributed by atoms with Crippen molar-refractivity contribution in [2.24, 2.45) is 0 Å². The fourth-order valence-electron chi connectivity index (χ4n) is 0.916. The van der Waals surface area contributed by atoms with E-state index in [1.807, 2.05) is 13.8 Å². The summed E-state index contributed by atoms with van der Waals surface area (Å²) in [7, 11) is 0. The second-order valence-electron chi connectivity index (χ2n) is 2.34. The van der Waals surface area contributed by atoms with Gasteiger partial charge in [0.15, 0.2) is 0 Å². The Morgan fingerprint density at radius 2 is 1.90 bits per heavy atom. The first-order chi connectivity index (χ1) is 4.60. The van der Waals surface area contributed by atoms with Crippen molar-refractivity contribution in [3.8, 4) is 0 Å². The van der Waals surface area contributed by atoms with Crippen molar-refractivity contribution in [1.29, 1.82) is 0 Å². The van der Waals surface area contributed by atoms with Gasteiger partial charge in [0.25, 0.3) is 5.92 Å². The van der Waals surface area contributed by atoms with Crippen LogP contribution in [0.5, 0.6) is 0 Å². The first kappa shape index (κ1) is 9.82. The number of rotatable bonds is 0. The van der Waals surface area contributed by atoms with Crippen LogP contribution in [0.1, 0.15) is 27.2 Å². The maximum atomic E-state index is 12.1. The van der Waals surface area contributed by atoms with Gasteiger partial charge in [-0.05, 0) is 6.92 Å². The van der Waals surface area contributed by atoms with Gasteiger partial charge in [-0.2, -0.15) is 0 Å². The van der Waals surface area contributed by atoms with Crippen molar-refractivity contribution in [1.82, 2.24) is 5.32 Å². The highest BCUT2D eigenvalue weighted by Gasteiger charge is 2.36. The van der Waals surface area contributed by atoms with Crippen LogP contribution in [-0.4, -0.2) is 18.5 Å². The smallest absolute Gasteiger partial charge is 0.261 e. The highest BCUT2D eigenvalue weighted by Crippen LogP contribution is 2.24. The quantitative estimate of drug-likeness (QED) is 0.558. The first-order valence-electron chi connectivity index (χ1n) is 3.71. The van der Waals surface area contributed by atoms with E-state index in [4.69, 9.17) is 0 Å². The van der Waals surface area contributed by atoms with E-state index >= 15 is 0 Å². The molecule has 0 unspecified atom stereocenters. The molecule has 0 aromatic heterocycles. The fourth-order valence-corrected chi connectivity index (χ4v) is 0.916. The predicted octanol–water partition coefficient (Wildman–Crippen LogP) is 2.03. The minimum Gasteiger partial charge on any atom is -0.308 e. The molecule has 10 heavy (non-hydrogen) atoms. The first-order valence-corrected chi connectivity index (χ1v) is 3.71. The lowest BCUT2D eigenvalue weighted by molar-refractivity contribution is 0.0216. The van der Waals surface area contributed by atoms with Crippen molar-refractivity contribution in [3.63, 3.8) is 0 Å². The predicted molar refractivity (Wildman–Crippen MR) is 38.4 cm³/mol. The van der Waals surface area contributed by atoms with Crippen molar-refractivity contribution < 1.29 is 8.78 Å². The van der Waals surface area contributed by atoms with Crippen LogP contribution in [0.2, 0.25) is 0 Å². The molecule has 0 spiro atoms. The Morgan fingerprint density at radius 1 is 1.40 bits per heavy atom. The lowest BCUT2D eigenvalue weighted by atomic mass is 10.2. The minimum atomic E-state index is -2.45. The van der Waals surface area contributed by atoms with E-state index in [9.17, 15) is 8.78 Å². The molecule has 0 aromatic carbocycles. The van der Waals surface area contributed by atoms with Gasteiger partial charge in [0.2, 0.25) is 0 Å². The molecule has 1 aliphatic heterocycles. The number of nitrogens with one attached hydrogen (secondary N) is 1. The molecule has 1 nitrogen and oxygen atoms in total. The van der Waals surface area contributed by atoms with Gasteiger partial charge in [-0.3, -0.25) is 0 Å². The van der Waals surface area contributed by atoms with E-state index in [2.05, 4.69) is 5.32 Å². The highest BCUT2D eigenvalue weighted by molar-refractivity contribution is 4.83. The summed E-state index contributed by atoms with van der Waals surface area (Å²) < 4.78 is 24.3. The monoisotopic (exact) mass is 151 g/mol. The topological polar surface area (TPSA) is 12.0 Å². The maximum absolute atomic E-state index is 12.1. The molecule has 0 saturated carbocycles. The number of hydrogen-bond donors (Lipinski definition) is 1. The van der Waals surface area contributed by atoms with E-state index in [0.717, 1.165) is 0 Å². The summed E-state index contributed by atoms with van der Waals surface area (Å²) in [4.78, 5) is 0. The molecule has 3 heteroatoms. The van der Waals surface area contributed by atoms with Crippen LogP contribution in [-0.2, 0) is 0 Å². The summed E-state index contributed by atoms with van der Waals surface area (Å²) in [5.74, 6) is -2.45. The largest absolute Gasteiger partial charge is 0.308 e. The molecule has 1 aliphatic rings. The Balaban J connectivity index is 0.000000371. The number of hydrogen-bond acceptors (Lipinski definition) is 1. The molecule has 1 atom stereocenters. The lowest BCUT2D eigenvalue weighted by Crippen LogP contribution is -2.20. The Morgan fingerprint density at radius 3 is 2.00 bits per heavy atom. The summed E-state index contributed by atoms with van der Waals surface area (Å²) in [5, 5.41) is 2.66. The van der Waals surface area contributed by atoms with Crippen molar-refractivity contribution >= 4 is 0 Å². The zero-order valence-corrected chi connectivity index (χ0v) is 6.75.